The van der Waals surface area contributed by atoms with Crippen molar-refractivity contribution in [3.05, 3.63) is 21.9 Å². The number of aryl methyl sites for hydroxylation is 1. The Balaban J connectivity index is 3.22. The monoisotopic (exact) mass is 213 g/mol. The van der Waals surface area contributed by atoms with Gasteiger partial charge >= 0.3 is 0 Å². The van der Waals surface area contributed by atoms with Crippen molar-refractivity contribution in [2.75, 3.05) is 6.54 Å². The topological polar surface area (TPSA) is 46.2 Å². The second kappa shape index (κ2) is 3.65. The van der Waals surface area contributed by atoms with Gasteiger partial charge in [-0.2, -0.15) is 0 Å². The Bertz CT molecular complexity index is 313. The van der Waals surface area contributed by atoms with Crippen LogP contribution in [0.15, 0.2) is 11.4 Å². The maximum absolute atomic E-state index is 10.6. The van der Waals surface area contributed by atoms with Crippen molar-refractivity contribution in [2.45, 2.75) is 33.3 Å². The Morgan fingerprint density at radius 3 is 2.29 bits per heavy atom. The Hall–Kier alpha value is -0.380. The molecular formula is C11H19NOS. The first kappa shape index (κ1) is 11.7. The third kappa shape index (κ3) is 1.72. The maximum atomic E-state index is 10.6. The Morgan fingerprint density at radius 2 is 2.00 bits per heavy atom. The lowest BCUT2D eigenvalue weighted by Gasteiger charge is -2.39. The molecule has 1 rings (SSSR count). The zero-order chi connectivity index (χ0) is 11.0. The van der Waals surface area contributed by atoms with E-state index in [2.05, 4.69) is 0 Å². The minimum atomic E-state index is -0.920. The summed E-state index contributed by atoms with van der Waals surface area (Å²) in [5.74, 6) is 0. The second-order valence-corrected chi connectivity index (χ2v) is 5.83. The lowest BCUT2D eigenvalue weighted by molar-refractivity contribution is -0.0558. The Morgan fingerprint density at radius 1 is 1.43 bits per heavy atom. The quantitative estimate of drug-likeness (QED) is 0.791. The van der Waals surface area contributed by atoms with Gasteiger partial charge in [-0.25, -0.2) is 0 Å². The SMILES string of the molecule is Cc1sccc1C(O)(CN)C(C)(C)C. The van der Waals surface area contributed by atoms with E-state index in [1.807, 2.05) is 39.1 Å². The first-order valence-corrected chi connectivity index (χ1v) is 5.68. The largest absolute Gasteiger partial charge is 0.383 e. The summed E-state index contributed by atoms with van der Waals surface area (Å²) in [7, 11) is 0. The second-order valence-electron chi connectivity index (χ2n) is 4.70. The minimum absolute atomic E-state index is 0.242. The number of hydrogen-bond acceptors (Lipinski definition) is 3. The molecule has 0 fully saturated rings. The number of aliphatic hydroxyl groups is 1. The van der Waals surface area contributed by atoms with E-state index in [0.29, 0.717) is 0 Å². The molecule has 3 heteroatoms. The predicted molar refractivity (Wildman–Crippen MR) is 61.5 cm³/mol. The van der Waals surface area contributed by atoms with Crippen LogP contribution in [0, 0.1) is 12.3 Å². The van der Waals surface area contributed by atoms with Crippen LogP contribution in [0.1, 0.15) is 31.2 Å². The van der Waals surface area contributed by atoms with E-state index in [4.69, 9.17) is 5.73 Å². The fraction of sp³-hybridized carbons (Fsp3) is 0.636. The standard InChI is InChI=1S/C11H19NOS/c1-8-9(5-6-14-8)11(13,7-12)10(2,3)4/h5-6,13H,7,12H2,1-4H3. The zero-order valence-electron chi connectivity index (χ0n) is 9.29. The van der Waals surface area contributed by atoms with Crippen LogP contribution in [0.2, 0.25) is 0 Å². The van der Waals surface area contributed by atoms with Crippen LogP contribution in [0.4, 0.5) is 0 Å². The highest BCUT2D eigenvalue weighted by atomic mass is 32.1. The molecule has 2 nitrogen and oxygen atoms in total. The highest BCUT2D eigenvalue weighted by molar-refractivity contribution is 7.10. The number of nitrogens with two attached hydrogens (primary N) is 1. The first-order chi connectivity index (χ1) is 6.33. The summed E-state index contributed by atoms with van der Waals surface area (Å²) in [6, 6.07) is 1.97. The third-order valence-electron chi connectivity index (χ3n) is 2.84. The van der Waals surface area contributed by atoms with E-state index in [9.17, 15) is 5.11 Å². The molecule has 1 heterocycles. The molecule has 14 heavy (non-hydrogen) atoms. The Labute approximate surface area is 89.8 Å². The molecule has 0 aliphatic heterocycles. The van der Waals surface area contributed by atoms with Crippen molar-refractivity contribution < 1.29 is 5.11 Å². The van der Waals surface area contributed by atoms with Crippen molar-refractivity contribution in [3.8, 4) is 0 Å². The smallest absolute Gasteiger partial charge is 0.108 e. The van der Waals surface area contributed by atoms with Gasteiger partial charge in [-0.05, 0) is 29.3 Å². The van der Waals surface area contributed by atoms with Crippen LogP contribution in [-0.2, 0) is 5.60 Å². The molecule has 0 spiro atoms. The van der Waals surface area contributed by atoms with Crippen LogP contribution < -0.4 is 5.73 Å². The summed E-state index contributed by atoms with van der Waals surface area (Å²) in [5, 5.41) is 12.6. The van der Waals surface area contributed by atoms with E-state index >= 15 is 0 Å². The summed E-state index contributed by atoms with van der Waals surface area (Å²) in [6.07, 6.45) is 0. The third-order valence-corrected chi connectivity index (χ3v) is 3.69. The fourth-order valence-electron chi connectivity index (χ4n) is 1.63. The van der Waals surface area contributed by atoms with E-state index < -0.39 is 5.60 Å². The van der Waals surface area contributed by atoms with Gasteiger partial charge < -0.3 is 10.8 Å². The highest BCUT2D eigenvalue weighted by Crippen LogP contribution is 2.41. The van der Waals surface area contributed by atoms with Gasteiger partial charge in [0.2, 0.25) is 0 Å². The molecule has 0 aliphatic carbocycles. The number of hydrogen-bond donors (Lipinski definition) is 2. The van der Waals surface area contributed by atoms with Crippen molar-refractivity contribution in [1.82, 2.24) is 0 Å². The average Bonchev–Trinajstić information content (AvgIpc) is 2.48. The summed E-state index contributed by atoms with van der Waals surface area (Å²) >= 11 is 1.65. The van der Waals surface area contributed by atoms with Crippen molar-refractivity contribution in [2.24, 2.45) is 11.1 Å². The molecule has 0 saturated carbocycles. The Kier molecular flexibility index (Phi) is 3.04. The van der Waals surface area contributed by atoms with Crippen LogP contribution >= 0.6 is 11.3 Å². The molecule has 80 valence electrons. The van der Waals surface area contributed by atoms with E-state index in [1.54, 1.807) is 11.3 Å². The molecule has 3 N–H and O–H groups in total. The molecule has 0 bridgehead atoms. The number of rotatable bonds is 2. The molecule has 1 aromatic heterocycles. The van der Waals surface area contributed by atoms with Gasteiger partial charge in [-0.15, -0.1) is 11.3 Å². The summed E-state index contributed by atoms with van der Waals surface area (Å²) < 4.78 is 0. The van der Waals surface area contributed by atoms with Crippen LogP contribution in [-0.4, -0.2) is 11.7 Å². The van der Waals surface area contributed by atoms with Gasteiger partial charge in [0.05, 0.1) is 0 Å². The van der Waals surface area contributed by atoms with Crippen LogP contribution in [0.25, 0.3) is 0 Å². The van der Waals surface area contributed by atoms with Crippen molar-refractivity contribution >= 4 is 11.3 Å². The van der Waals surface area contributed by atoms with Crippen LogP contribution in [0.5, 0.6) is 0 Å². The molecule has 0 aromatic carbocycles. The maximum Gasteiger partial charge on any atom is 0.108 e. The molecular weight excluding hydrogens is 194 g/mol. The van der Waals surface area contributed by atoms with Crippen LogP contribution in [0.3, 0.4) is 0 Å². The van der Waals surface area contributed by atoms with Gasteiger partial charge in [-0.3, -0.25) is 0 Å². The van der Waals surface area contributed by atoms with Gasteiger partial charge in [-0.1, -0.05) is 20.8 Å². The summed E-state index contributed by atoms with van der Waals surface area (Å²) in [6.45, 7) is 8.31. The minimum Gasteiger partial charge on any atom is -0.383 e. The average molecular weight is 213 g/mol. The van der Waals surface area contributed by atoms with Gasteiger partial charge in [0.25, 0.3) is 0 Å². The molecule has 0 radical (unpaired) electrons. The van der Waals surface area contributed by atoms with Gasteiger partial charge in [0, 0.05) is 11.4 Å². The predicted octanol–water partition coefficient (Wildman–Crippen LogP) is 2.25. The lowest BCUT2D eigenvalue weighted by Crippen LogP contribution is -2.46. The molecule has 1 aromatic rings. The van der Waals surface area contributed by atoms with Crippen molar-refractivity contribution in [1.29, 1.82) is 0 Å². The van der Waals surface area contributed by atoms with Crippen molar-refractivity contribution in [3.63, 3.8) is 0 Å². The summed E-state index contributed by atoms with van der Waals surface area (Å²) in [5.41, 5.74) is 5.52. The highest BCUT2D eigenvalue weighted by Gasteiger charge is 2.41. The fourth-order valence-corrected chi connectivity index (χ4v) is 2.41. The molecule has 1 atom stereocenters. The van der Waals surface area contributed by atoms with E-state index in [-0.39, 0.29) is 12.0 Å². The molecule has 0 amide bonds. The molecule has 0 aliphatic rings. The first-order valence-electron chi connectivity index (χ1n) is 4.80. The lowest BCUT2D eigenvalue weighted by atomic mass is 9.72. The normalized spacial score (nSPS) is 16.7. The molecule has 0 saturated heterocycles. The van der Waals surface area contributed by atoms with Gasteiger partial charge in [0.1, 0.15) is 5.60 Å². The summed E-state index contributed by atoms with van der Waals surface area (Å²) in [4.78, 5) is 1.15. The van der Waals surface area contributed by atoms with E-state index in [0.717, 1.165) is 10.4 Å². The number of thiophene rings is 1. The molecule has 1 unspecified atom stereocenters. The van der Waals surface area contributed by atoms with E-state index in [1.165, 1.54) is 0 Å². The zero-order valence-corrected chi connectivity index (χ0v) is 10.1. The van der Waals surface area contributed by atoms with Gasteiger partial charge in [0.15, 0.2) is 0 Å².